The number of nitrogens with one attached hydrogen (secondary N) is 2. The lowest BCUT2D eigenvalue weighted by Gasteiger charge is -2.19. The van der Waals surface area contributed by atoms with E-state index >= 15 is 0 Å². The summed E-state index contributed by atoms with van der Waals surface area (Å²) in [6, 6.07) is 10.7. The number of aryl methyl sites for hydroxylation is 1. The summed E-state index contributed by atoms with van der Waals surface area (Å²) in [6.07, 6.45) is 0. The summed E-state index contributed by atoms with van der Waals surface area (Å²) in [5, 5.41) is 15.4. The Kier molecular flexibility index (Phi) is 8.73. The minimum Gasteiger partial charge on any atom is -0.493 e. The number of aliphatic hydroxyl groups is 1. The van der Waals surface area contributed by atoms with Crippen LogP contribution in [0, 0.1) is 12.7 Å². The quantitative estimate of drug-likeness (QED) is 0.442. The van der Waals surface area contributed by atoms with Crippen molar-refractivity contribution in [3.05, 3.63) is 58.9 Å². The fourth-order valence-corrected chi connectivity index (χ4v) is 2.74. The number of ether oxygens (including phenoxy) is 2. The second-order valence-electron chi connectivity index (χ2n) is 6.63. The molecule has 0 saturated carbocycles. The van der Waals surface area contributed by atoms with Crippen LogP contribution in [0.25, 0.3) is 0 Å². The summed E-state index contributed by atoms with van der Waals surface area (Å²) >= 11 is 0. The van der Waals surface area contributed by atoms with E-state index in [-0.39, 0.29) is 25.1 Å². The molecule has 29 heavy (non-hydrogen) atoms. The van der Waals surface area contributed by atoms with Gasteiger partial charge in [-0.3, -0.25) is 0 Å². The highest BCUT2D eigenvalue weighted by Crippen LogP contribution is 2.28. The van der Waals surface area contributed by atoms with Crippen molar-refractivity contribution in [2.45, 2.75) is 33.4 Å². The Bertz CT molecular complexity index is 827. The molecule has 0 amide bonds. The van der Waals surface area contributed by atoms with Crippen LogP contribution in [0.4, 0.5) is 4.39 Å². The lowest BCUT2D eigenvalue weighted by atomic mass is 10.1. The van der Waals surface area contributed by atoms with Crippen LogP contribution < -0.4 is 20.1 Å². The van der Waals surface area contributed by atoms with E-state index in [1.807, 2.05) is 32.0 Å². The standard InChI is InChI=1S/C22H30FN3O3/c1-5-24-22(26-16(3)18-8-6-15(2)19(23)13-18)25-14-17-7-9-20(29-11-10-27)21(12-17)28-4/h6-9,12-13,16,27H,5,10-11,14H2,1-4H3,(H2,24,25,26). The molecule has 0 aliphatic rings. The van der Waals surface area contributed by atoms with E-state index in [1.165, 1.54) is 0 Å². The molecule has 0 radical (unpaired) electrons. The summed E-state index contributed by atoms with van der Waals surface area (Å²) in [5.74, 6) is 1.59. The van der Waals surface area contributed by atoms with Gasteiger partial charge in [-0.1, -0.05) is 18.2 Å². The van der Waals surface area contributed by atoms with Gasteiger partial charge < -0.3 is 25.2 Å². The Balaban J connectivity index is 2.10. The monoisotopic (exact) mass is 403 g/mol. The Morgan fingerprint density at radius 1 is 1.21 bits per heavy atom. The minimum absolute atomic E-state index is 0.0595. The van der Waals surface area contributed by atoms with Crippen molar-refractivity contribution in [2.75, 3.05) is 26.9 Å². The van der Waals surface area contributed by atoms with Gasteiger partial charge in [0.05, 0.1) is 26.3 Å². The lowest BCUT2D eigenvalue weighted by molar-refractivity contribution is 0.196. The molecule has 0 saturated heterocycles. The molecule has 3 N–H and O–H groups in total. The van der Waals surface area contributed by atoms with Crippen molar-refractivity contribution in [3.8, 4) is 11.5 Å². The van der Waals surface area contributed by atoms with Crippen LogP contribution in [-0.4, -0.2) is 37.9 Å². The number of hydrogen-bond donors (Lipinski definition) is 3. The first-order valence-electron chi connectivity index (χ1n) is 9.70. The highest BCUT2D eigenvalue weighted by molar-refractivity contribution is 5.80. The van der Waals surface area contributed by atoms with Gasteiger partial charge in [0.2, 0.25) is 0 Å². The summed E-state index contributed by atoms with van der Waals surface area (Å²) in [6.45, 7) is 6.99. The fraction of sp³-hybridized carbons (Fsp3) is 0.409. The number of aliphatic hydroxyl groups excluding tert-OH is 1. The summed E-state index contributed by atoms with van der Waals surface area (Å²) in [7, 11) is 1.57. The molecular formula is C22H30FN3O3. The molecule has 0 aliphatic heterocycles. The van der Waals surface area contributed by atoms with Gasteiger partial charge in [0, 0.05) is 6.54 Å². The Morgan fingerprint density at radius 2 is 2.00 bits per heavy atom. The van der Waals surface area contributed by atoms with Gasteiger partial charge >= 0.3 is 0 Å². The smallest absolute Gasteiger partial charge is 0.192 e. The largest absolute Gasteiger partial charge is 0.493 e. The molecule has 158 valence electrons. The minimum atomic E-state index is -0.214. The molecule has 2 rings (SSSR count). The van der Waals surface area contributed by atoms with Crippen molar-refractivity contribution >= 4 is 5.96 Å². The van der Waals surface area contributed by atoms with Gasteiger partial charge in [-0.15, -0.1) is 0 Å². The number of halogens is 1. The third-order valence-corrected chi connectivity index (χ3v) is 4.39. The number of methoxy groups -OCH3 is 1. The predicted octanol–water partition coefficient (Wildman–Crippen LogP) is 3.33. The maximum Gasteiger partial charge on any atom is 0.192 e. The van der Waals surface area contributed by atoms with E-state index in [2.05, 4.69) is 15.6 Å². The van der Waals surface area contributed by atoms with E-state index in [4.69, 9.17) is 14.6 Å². The zero-order chi connectivity index (χ0) is 21.2. The molecule has 2 aromatic carbocycles. The highest BCUT2D eigenvalue weighted by atomic mass is 19.1. The normalized spacial score (nSPS) is 12.4. The van der Waals surface area contributed by atoms with Crippen LogP contribution >= 0.6 is 0 Å². The molecular weight excluding hydrogens is 373 g/mol. The van der Waals surface area contributed by atoms with Gasteiger partial charge in [0.25, 0.3) is 0 Å². The molecule has 0 aromatic heterocycles. The van der Waals surface area contributed by atoms with Crippen molar-refractivity contribution in [2.24, 2.45) is 4.99 Å². The van der Waals surface area contributed by atoms with Gasteiger partial charge in [-0.25, -0.2) is 9.38 Å². The summed E-state index contributed by atoms with van der Waals surface area (Å²) in [4.78, 5) is 4.62. The molecule has 0 aliphatic carbocycles. The SMILES string of the molecule is CCNC(=NCc1ccc(OCCO)c(OC)c1)NC(C)c1ccc(C)c(F)c1. The van der Waals surface area contributed by atoms with Crippen LogP contribution in [-0.2, 0) is 6.54 Å². The maximum atomic E-state index is 13.9. The van der Waals surface area contributed by atoms with Crippen LogP contribution in [0.15, 0.2) is 41.4 Å². The van der Waals surface area contributed by atoms with Crippen molar-refractivity contribution in [1.29, 1.82) is 0 Å². The van der Waals surface area contributed by atoms with Crippen molar-refractivity contribution in [1.82, 2.24) is 10.6 Å². The number of hydrogen-bond acceptors (Lipinski definition) is 4. The molecule has 1 atom stereocenters. The third kappa shape index (κ3) is 6.64. The van der Waals surface area contributed by atoms with E-state index in [1.54, 1.807) is 32.2 Å². The molecule has 7 heteroatoms. The first-order chi connectivity index (χ1) is 14.0. The van der Waals surface area contributed by atoms with E-state index in [0.29, 0.717) is 36.1 Å². The fourth-order valence-electron chi connectivity index (χ4n) is 2.74. The van der Waals surface area contributed by atoms with Gasteiger partial charge in [-0.2, -0.15) is 0 Å². The van der Waals surface area contributed by atoms with Crippen molar-refractivity contribution < 1.29 is 19.0 Å². The number of nitrogens with zero attached hydrogens (tertiary/aromatic N) is 1. The highest BCUT2D eigenvalue weighted by Gasteiger charge is 2.10. The maximum absolute atomic E-state index is 13.9. The first-order valence-corrected chi connectivity index (χ1v) is 9.70. The topological polar surface area (TPSA) is 75.1 Å². The zero-order valence-corrected chi connectivity index (χ0v) is 17.5. The van der Waals surface area contributed by atoms with E-state index in [9.17, 15) is 4.39 Å². The average molecular weight is 403 g/mol. The van der Waals surface area contributed by atoms with E-state index in [0.717, 1.165) is 11.1 Å². The second-order valence-corrected chi connectivity index (χ2v) is 6.63. The Labute approximate surface area is 171 Å². The predicted molar refractivity (Wildman–Crippen MR) is 113 cm³/mol. The second kappa shape index (κ2) is 11.3. The number of benzene rings is 2. The molecule has 0 fully saturated rings. The molecule has 2 aromatic rings. The number of guanidine groups is 1. The number of rotatable bonds is 9. The Hall–Kier alpha value is -2.80. The average Bonchev–Trinajstić information content (AvgIpc) is 2.72. The zero-order valence-electron chi connectivity index (χ0n) is 17.5. The third-order valence-electron chi connectivity index (χ3n) is 4.39. The Morgan fingerprint density at radius 3 is 2.66 bits per heavy atom. The van der Waals surface area contributed by atoms with E-state index < -0.39 is 0 Å². The van der Waals surface area contributed by atoms with Gasteiger partial charge in [0.1, 0.15) is 12.4 Å². The van der Waals surface area contributed by atoms with Crippen LogP contribution in [0.5, 0.6) is 11.5 Å². The van der Waals surface area contributed by atoms with Gasteiger partial charge in [0.15, 0.2) is 17.5 Å². The van der Waals surface area contributed by atoms with Crippen LogP contribution in [0.3, 0.4) is 0 Å². The summed E-state index contributed by atoms with van der Waals surface area (Å²) < 4.78 is 24.7. The molecule has 0 spiro atoms. The first kappa shape index (κ1) is 22.5. The van der Waals surface area contributed by atoms with Crippen LogP contribution in [0.1, 0.15) is 36.6 Å². The van der Waals surface area contributed by atoms with Crippen molar-refractivity contribution in [3.63, 3.8) is 0 Å². The van der Waals surface area contributed by atoms with Crippen LogP contribution in [0.2, 0.25) is 0 Å². The van der Waals surface area contributed by atoms with Gasteiger partial charge in [-0.05, 0) is 55.7 Å². The molecule has 6 nitrogen and oxygen atoms in total. The molecule has 0 heterocycles. The lowest BCUT2D eigenvalue weighted by Crippen LogP contribution is -2.38. The molecule has 1 unspecified atom stereocenters. The molecule has 0 bridgehead atoms. The number of aliphatic imine (C=N–C) groups is 1. The summed E-state index contributed by atoms with van der Waals surface area (Å²) in [5.41, 5.74) is 2.43.